The number of carbonyl (C=O) groups is 1. The zero-order chi connectivity index (χ0) is 13.2. The van der Waals surface area contributed by atoms with Crippen LogP contribution in [-0.2, 0) is 4.79 Å². The molecule has 0 saturated carbocycles. The van der Waals surface area contributed by atoms with Crippen LogP contribution in [0.1, 0.15) is 49.3 Å². The fourth-order valence-electron chi connectivity index (χ4n) is 2.10. The maximum absolute atomic E-state index is 11.1. The van der Waals surface area contributed by atoms with E-state index in [1.165, 1.54) is 0 Å². The Hall–Kier alpha value is -1.51. The van der Waals surface area contributed by atoms with Gasteiger partial charge in [0.05, 0.1) is 13.0 Å². The van der Waals surface area contributed by atoms with Crippen molar-refractivity contribution in [3.8, 4) is 5.75 Å². The van der Waals surface area contributed by atoms with Gasteiger partial charge in [-0.15, -0.1) is 0 Å². The van der Waals surface area contributed by atoms with Crippen molar-refractivity contribution in [3.05, 3.63) is 28.8 Å². The van der Waals surface area contributed by atoms with Gasteiger partial charge in [-0.05, 0) is 30.9 Å². The lowest BCUT2D eigenvalue weighted by molar-refractivity contribution is -0.138. The minimum Gasteiger partial charge on any atom is -0.496 e. The average Bonchev–Trinajstić information content (AvgIpc) is 2.27. The lowest BCUT2D eigenvalue weighted by Gasteiger charge is -2.21. The molecule has 1 aromatic carbocycles. The second-order valence-electron chi connectivity index (χ2n) is 4.63. The Bertz CT molecular complexity index is 422. The molecule has 0 radical (unpaired) electrons. The number of hydrogen-bond acceptors (Lipinski definition) is 2. The van der Waals surface area contributed by atoms with E-state index in [0.717, 1.165) is 22.4 Å². The summed E-state index contributed by atoms with van der Waals surface area (Å²) in [7, 11) is 1.63. The van der Waals surface area contributed by atoms with E-state index in [1.54, 1.807) is 14.0 Å². The summed E-state index contributed by atoms with van der Waals surface area (Å²) >= 11 is 0. The van der Waals surface area contributed by atoms with Gasteiger partial charge in [-0.2, -0.15) is 0 Å². The summed E-state index contributed by atoms with van der Waals surface area (Å²) in [5.41, 5.74) is 2.88. The molecule has 0 bridgehead atoms. The molecule has 1 atom stereocenters. The van der Waals surface area contributed by atoms with Gasteiger partial charge in [-0.1, -0.05) is 26.0 Å². The Kier molecular flexibility index (Phi) is 4.16. The van der Waals surface area contributed by atoms with Gasteiger partial charge in [-0.3, -0.25) is 4.79 Å². The van der Waals surface area contributed by atoms with Crippen LogP contribution in [0.15, 0.2) is 12.1 Å². The first kappa shape index (κ1) is 13.6. The van der Waals surface area contributed by atoms with Gasteiger partial charge in [0.25, 0.3) is 0 Å². The maximum atomic E-state index is 11.1. The molecular weight excluding hydrogens is 216 g/mol. The van der Waals surface area contributed by atoms with Crippen LogP contribution in [0.4, 0.5) is 0 Å². The molecule has 0 fully saturated rings. The van der Waals surface area contributed by atoms with Gasteiger partial charge in [-0.25, -0.2) is 0 Å². The third-order valence-electron chi connectivity index (χ3n) is 3.05. The van der Waals surface area contributed by atoms with E-state index in [2.05, 4.69) is 13.8 Å². The van der Waals surface area contributed by atoms with Gasteiger partial charge in [0.2, 0.25) is 0 Å². The van der Waals surface area contributed by atoms with E-state index in [-0.39, 0.29) is 5.92 Å². The fourth-order valence-corrected chi connectivity index (χ4v) is 2.10. The van der Waals surface area contributed by atoms with Crippen molar-refractivity contribution in [3.63, 3.8) is 0 Å². The van der Waals surface area contributed by atoms with Crippen LogP contribution >= 0.6 is 0 Å². The number of methoxy groups -OCH3 is 1. The highest BCUT2D eigenvalue weighted by Gasteiger charge is 2.22. The van der Waals surface area contributed by atoms with Gasteiger partial charge in [0.1, 0.15) is 5.75 Å². The molecule has 0 saturated heterocycles. The summed E-state index contributed by atoms with van der Waals surface area (Å²) in [6.45, 7) is 7.78. The molecule has 1 unspecified atom stereocenters. The topological polar surface area (TPSA) is 46.5 Å². The second-order valence-corrected chi connectivity index (χ2v) is 4.63. The molecule has 0 aromatic heterocycles. The molecule has 3 nitrogen and oxygen atoms in total. The summed E-state index contributed by atoms with van der Waals surface area (Å²) < 4.78 is 5.42. The van der Waals surface area contributed by atoms with Crippen LogP contribution in [0.3, 0.4) is 0 Å². The number of hydrogen-bond donors (Lipinski definition) is 1. The lowest BCUT2D eigenvalue weighted by atomic mass is 9.87. The molecule has 0 heterocycles. The second kappa shape index (κ2) is 5.21. The normalized spacial score (nSPS) is 12.6. The lowest BCUT2D eigenvalue weighted by Crippen LogP contribution is -2.12. The predicted molar refractivity (Wildman–Crippen MR) is 67.9 cm³/mol. The van der Waals surface area contributed by atoms with E-state index < -0.39 is 11.9 Å². The van der Waals surface area contributed by atoms with Crippen LogP contribution in [-0.4, -0.2) is 18.2 Å². The fraction of sp³-hybridized carbons (Fsp3) is 0.500. The van der Waals surface area contributed by atoms with Crippen LogP contribution in [0.25, 0.3) is 0 Å². The van der Waals surface area contributed by atoms with Gasteiger partial charge in [0.15, 0.2) is 0 Å². The summed E-state index contributed by atoms with van der Waals surface area (Å²) in [4.78, 5) is 11.1. The summed E-state index contributed by atoms with van der Waals surface area (Å²) in [6, 6.07) is 3.81. The van der Waals surface area contributed by atoms with Crippen molar-refractivity contribution in [1.29, 1.82) is 0 Å². The summed E-state index contributed by atoms with van der Waals surface area (Å²) in [5.74, 6) is -0.271. The van der Waals surface area contributed by atoms with Crippen LogP contribution in [0.2, 0.25) is 0 Å². The quantitative estimate of drug-likeness (QED) is 0.872. The molecule has 1 rings (SSSR count). The minimum atomic E-state index is -0.808. The van der Waals surface area contributed by atoms with E-state index in [1.807, 2.05) is 19.1 Å². The molecule has 1 N–H and O–H groups in total. The Labute approximate surface area is 102 Å². The largest absolute Gasteiger partial charge is 0.496 e. The molecule has 1 aromatic rings. The molecule has 0 spiro atoms. The monoisotopic (exact) mass is 236 g/mol. The molecule has 17 heavy (non-hydrogen) atoms. The number of carboxylic acid groups (broad SMARTS) is 1. The molecule has 0 aliphatic heterocycles. The van der Waals surface area contributed by atoms with Crippen molar-refractivity contribution >= 4 is 5.97 Å². The zero-order valence-electron chi connectivity index (χ0n) is 11.1. The molecule has 94 valence electrons. The van der Waals surface area contributed by atoms with Crippen molar-refractivity contribution in [2.45, 2.75) is 39.5 Å². The highest BCUT2D eigenvalue weighted by atomic mass is 16.5. The Morgan fingerprint density at radius 1 is 1.29 bits per heavy atom. The first-order valence-electron chi connectivity index (χ1n) is 5.80. The summed E-state index contributed by atoms with van der Waals surface area (Å²) in [5, 5.41) is 9.13. The minimum absolute atomic E-state index is 0.238. The Balaban J connectivity index is 3.45. The average molecular weight is 236 g/mol. The van der Waals surface area contributed by atoms with Crippen molar-refractivity contribution < 1.29 is 14.6 Å². The van der Waals surface area contributed by atoms with Crippen molar-refractivity contribution in [1.82, 2.24) is 0 Å². The van der Waals surface area contributed by atoms with Gasteiger partial charge >= 0.3 is 5.97 Å². The zero-order valence-corrected chi connectivity index (χ0v) is 11.1. The molecule has 0 aliphatic rings. The summed E-state index contributed by atoms with van der Waals surface area (Å²) in [6.07, 6.45) is 0. The van der Waals surface area contributed by atoms with Crippen LogP contribution in [0.5, 0.6) is 5.75 Å². The van der Waals surface area contributed by atoms with E-state index in [9.17, 15) is 4.79 Å². The van der Waals surface area contributed by atoms with Crippen LogP contribution < -0.4 is 4.74 Å². The number of aryl methyl sites for hydroxylation is 1. The smallest absolute Gasteiger partial charge is 0.310 e. The SMILES string of the molecule is COc1c(C)ccc(C(C)C(=O)O)c1C(C)C. The number of aliphatic carboxylic acids is 1. The third-order valence-corrected chi connectivity index (χ3v) is 3.05. The Morgan fingerprint density at radius 2 is 1.88 bits per heavy atom. The first-order valence-corrected chi connectivity index (χ1v) is 5.80. The van der Waals surface area contributed by atoms with E-state index >= 15 is 0 Å². The van der Waals surface area contributed by atoms with Crippen molar-refractivity contribution in [2.75, 3.05) is 7.11 Å². The van der Waals surface area contributed by atoms with Crippen LogP contribution in [0, 0.1) is 6.92 Å². The molecular formula is C14H20O3. The highest BCUT2D eigenvalue weighted by molar-refractivity contribution is 5.77. The van der Waals surface area contributed by atoms with E-state index in [4.69, 9.17) is 9.84 Å². The number of benzene rings is 1. The maximum Gasteiger partial charge on any atom is 0.310 e. The Morgan fingerprint density at radius 3 is 2.29 bits per heavy atom. The van der Waals surface area contributed by atoms with Gasteiger partial charge < -0.3 is 9.84 Å². The molecule has 0 aliphatic carbocycles. The van der Waals surface area contributed by atoms with E-state index in [0.29, 0.717) is 0 Å². The molecule has 3 heteroatoms. The standard InChI is InChI=1S/C14H20O3/c1-8(2)12-11(10(4)14(15)16)7-6-9(3)13(12)17-5/h6-8,10H,1-5H3,(H,15,16). The van der Waals surface area contributed by atoms with Crippen molar-refractivity contribution in [2.24, 2.45) is 0 Å². The number of ether oxygens (including phenoxy) is 1. The number of carboxylic acids is 1. The highest BCUT2D eigenvalue weighted by Crippen LogP contribution is 2.36. The third kappa shape index (κ3) is 2.60. The first-order chi connectivity index (χ1) is 7.90. The number of rotatable bonds is 4. The predicted octanol–water partition coefficient (Wildman–Crippen LogP) is 3.32. The molecule has 0 amide bonds. The van der Waals surface area contributed by atoms with Gasteiger partial charge in [0, 0.05) is 5.56 Å².